The van der Waals surface area contributed by atoms with Crippen molar-refractivity contribution >= 4 is 33.3 Å². The Kier molecular flexibility index (Phi) is 14.0. The summed E-state index contributed by atoms with van der Waals surface area (Å²) in [5.74, 6) is 2.64. The van der Waals surface area contributed by atoms with E-state index in [1.165, 1.54) is 16.7 Å². The van der Waals surface area contributed by atoms with Crippen molar-refractivity contribution in [1.82, 2.24) is 4.31 Å². The molecule has 1 spiro atoms. The van der Waals surface area contributed by atoms with Gasteiger partial charge in [-0.3, -0.25) is 0 Å². The molecule has 65 heavy (non-hydrogen) atoms. The van der Waals surface area contributed by atoms with Crippen molar-refractivity contribution in [3.63, 3.8) is 0 Å². The van der Waals surface area contributed by atoms with Gasteiger partial charge in [0.15, 0.2) is 0 Å². The topological polar surface area (TPSA) is 104 Å². The van der Waals surface area contributed by atoms with Gasteiger partial charge in [0.25, 0.3) is 0 Å². The fraction of sp³-hybridized carbons (Fsp3) is 0.491. The van der Waals surface area contributed by atoms with E-state index < -0.39 is 20.9 Å². The molecular weight excluding hydrogens is 860 g/mol. The van der Waals surface area contributed by atoms with E-state index in [1.54, 1.807) is 25.6 Å². The summed E-state index contributed by atoms with van der Waals surface area (Å²) in [6.07, 6.45) is 8.67. The van der Waals surface area contributed by atoms with Gasteiger partial charge >= 0.3 is 5.97 Å². The van der Waals surface area contributed by atoms with Gasteiger partial charge in [-0.05, 0) is 173 Å². The Balaban J connectivity index is 0.991. The molecule has 3 aliphatic carbocycles. The number of aryl methyl sites for hydroxylation is 1. The number of fused-ring (bicyclic) bond motifs is 3. The Labute approximate surface area is 391 Å². The first-order valence-corrected chi connectivity index (χ1v) is 25.0. The number of methoxy groups -OCH3 is 3. The lowest BCUT2D eigenvalue weighted by molar-refractivity contribution is 0.000410. The number of halogens is 1. The number of nitrogens with zero attached hydrogens (tertiary/aromatic N) is 2. The zero-order valence-electron chi connectivity index (χ0n) is 39.0. The molecule has 6 atom stereocenters. The maximum absolute atomic E-state index is 14.4. The van der Waals surface area contributed by atoms with Crippen LogP contribution in [0.2, 0.25) is 5.02 Å². The number of esters is 1. The van der Waals surface area contributed by atoms with Crippen molar-refractivity contribution in [2.24, 2.45) is 17.8 Å². The number of anilines is 1. The van der Waals surface area contributed by atoms with E-state index in [0.29, 0.717) is 30.4 Å². The van der Waals surface area contributed by atoms with Gasteiger partial charge < -0.3 is 28.6 Å². The summed E-state index contributed by atoms with van der Waals surface area (Å²) in [6, 6.07) is 27.1. The molecule has 0 N–H and O–H groups in total. The number of rotatable bonds is 16. The van der Waals surface area contributed by atoms with Crippen LogP contribution in [-0.4, -0.2) is 76.7 Å². The largest absolute Gasteiger partial charge is 0.497 e. The fourth-order valence-corrected chi connectivity index (χ4v) is 12.4. The third-order valence-electron chi connectivity index (χ3n) is 14.1. The summed E-state index contributed by atoms with van der Waals surface area (Å²) in [7, 11) is 1.35. The van der Waals surface area contributed by atoms with Crippen LogP contribution >= 0.6 is 11.6 Å². The molecule has 0 saturated heterocycles. The first-order chi connectivity index (χ1) is 31.1. The van der Waals surface area contributed by atoms with Crippen LogP contribution < -0.4 is 19.1 Å². The third-order valence-corrected chi connectivity index (χ3v) is 16.5. The molecule has 1 aliphatic heterocycles. The van der Waals surface area contributed by atoms with E-state index in [2.05, 4.69) is 23.1 Å². The zero-order chi connectivity index (χ0) is 46.1. The second kappa shape index (κ2) is 19.4. The predicted octanol–water partition coefficient (Wildman–Crippen LogP) is 10.6. The molecule has 348 valence electrons. The molecular formula is C53H65ClN2O8S. The number of sulfonamides is 1. The molecule has 0 aromatic heterocycles. The van der Waals surface area contributed by atoms with Gasteiger partial charge in [-0.15, -0.1) is 0 Å². The molecule has 12 heteroatoms. The minimum atomic E-state index is -3.70. The van der Waals surface area contributed by atoms with Gasteiger partial charge in [-0.25, -0.2) is 13.2 Å². The Bertz CT molecular complexity index is 2420. The van der Waals surface area contributed by atoms with Gasteiger partial charge in [0.1, 0.15) is 22.8 Å². The summed E-state index contributed by atoms with van der Waals surface area (Å²) >= 11 is 6.53. The third kappa shape index (κ3) is 10.4. The summed E-state index contributed by atoms with van der Waals surface area (Å²) in [5.41, 5.74) is 6.17. The lowest BCUT2D eigenvalue weighted by Crippen LogP contribution is -2.50. The summed E-state index contributed by atoms with van der Waals surface area (Å²) in [4.78, 5) is 15.9. The van der Waals surface area contributed by atoms with Crippen LogP contribution in [-0.2, 0) is 44.4 Å². The molecule has 0 amide bonds. The Morgan fingerprint density at radius 3 is 2.17 bits per heavy atom. The van der Waals surface area contributed by atoms with E-state index in [9.17, 15) is 13.2 Å². The van der Waals surface area contributed by atoms with Crippen molar-refractivity contribution in [2.75, 3.05) is 45.9 Å². The fourth-order valence-electron chi connectivity index (χ4n) is 10.5. The maximum Gasteiger partial charge on any atom is 0.338 e. The van der Waals surface area contributed by atoms with Crippen LogP contribution in [0.1, 0.15) is 98.8 Å². The van der Waals surface area contributed by atoms with Crippen LogP contribution in [0.15, 0.2) is 96.6 Å². The smallest absolute Gasteiger partial charge is 0.338 e. The summed E-state index contributed by atoms with van der Waals surface area (Å²) < 4.78 is 60.1. The minimum absolute atomic E-state index is 0.0548. The first kappa shape index (κ1) is 47.0. The predicted molar refractivity (Wildman–Crippen MR) is 257 cm³/mol. The molecule has 10 nitrogen and oxygen atoms in total. The number of ether oxygens (including phenoxy) is 5. The average molecular weight is 926 g/mol. The number of carbonyl (C=O) groups excluding carboxylic acids is 1. The number of hydrogen-bond acceptors (Lipinski definition) is 9. The number of carbonyl (C=O) groups is 1. The van der Waals surface area contributed by atoms with Crippen molar-refractivity contribution < 1.29 is 36.9 Å². The monoisotopic (exact) mass is 924 g/mol. The van der Waals surface area contributed by atoms with Gasteiger partial charge in [0, 0.05) is 43.7 Å². The highest BCUT2D eigenvalue weighted by atomic mass is 35.5. The Morgan fingerprint density at radius 1 is 0.923 bits per heavy atom. The standard InChI is InChI=1S/C53H65ClN2O8S/c1-35(65(58,59)56(30-36-10-17-44(60-5)18-11-36)31-37-12-19-45(61-6)20-13-37)25-38-26-42(27-38)50(62-7)46-21-14-41(46)32-55-33-53(24-8-9-39-28-43(54)16-22-47(39)53)34-63-49-23-15-40(29-48(49)55)51(57)64-52(2,3)4/h10-13,15-20,22-23,26,28-29,35,38,41,46,50H,8-9,14,21,24-25,27,30-34H2,1-7H3/t35-,38-,41+,46-,50+,53+/m1/s1. The van der Waals surface area contributed by atoms with Crippen molar-refractivity contribution in [3.8, 4) is 17.2 Å². The van der Waals surface area contributed by atoms with E-state index in [1.807, 2.05) is 100 Å². The second-order valence-electron chi connectivity index (χ2n) is 19.7. The van der Waals surface area contributed by atoms with Gasteiger partial charge in [-0.2, -0.15) is 4.31 Å². The molecule has 0 unspecified atom stereocenters. The number of benzene rings is 4. The lowest BCUT2D eigenvalue weighted by atomic mass is 9.65. The summed E-state index contributed by atoms with van der Waals surface area (Å²) in [6.45, 7) is 10.1. The van der Waals surface area contributed by atoms with Crippen LogP contribution in [0, 0.1) is 17.8 Å². The van der Waals surface area contributed by atoms with Gasteiger partial charge in [-0.1, -0.05) is 48.0 Å². The molecule has 0 bridgehead atoms. The maximum atomic E-state index is 14.4. The lowest BCUT2D eigenvalue weighted by Gasteiger charge is -2.48. The molecule has 0 radical (unpaired) electrons. The summed E-state index contributed by atoms with van der Waals surface area (Å²) in [5, 5.41) is 0.156. The normalized spacial score (nSPS) is 22.6. The Morgan fingerprint density at radius 2 is 1.58 bits per heavy atom. The second-order valence-corrected chi connectivity index (χ2v) is 22.5. The van der Waals surface area contributed by atoms with E-state index >= 15 is 0 Å². The minimum Gasteiger partial charge on any atom is -0.497 e. The van der Waals surface area contributed by atoms with Crippen molar-refractivity contribution in [2.45, 2.75) is 108 Å². The quantitative estimate of drug-likeness (QED) is 0.0803. The molecule has 1 fully saturated rings. The van der Waals surface area contributed by atoms with Gasteiger partial charge in [0.05, 0.1) is 43.4 Å². The van der Waals surface area contributed by atoms with Crippen LogP contribution in [0.25, 0.3) is 0 Å². The first-order valence-electron chi connectivity index (χ1n) is 23.1. The Hall–Kier alpha value is -4.55. The van der Waals surface area contributed by atoms with Crippen LogP contribution in [0.3, 0.4) is 0 Å². The van der Waals surface area contributed by atoms with Crippen molar-refractivity contribution in [1.29, 1.82) is 0 Å². The van der Waals surface area contributed by atoms with Crippen LogP contribution in [0.5, 0.6) is 17.2 Å². The molecule has 1 heterocycles. The van der Waals surface area contributed by atoms with E-state index in [0.717, 1.165) is 90.7 Å². The highest BCUT2D eigenvalue weighted by Gasteiger charge is 2.46. The molecule has 1 saturated carbocycles. The van der Waals surface area contributed by atoms with E-state index in [-0.39, 0.29) is 36.5 Å². The van der Waals surface area contributed by atoms with Crippen molar-refractivity contribution in [3.05, 3.63) is 129 Å². The van der Waals surface area contributed by atoms with E-state index in [4.69, 9.17) is 35.3 Å². The highest BCUT2D eigenvalue weighted by molar-refractivity contribution is 7.89. The molecule has 4 aromatic carbocycles. The molecule has 8 rings (SSSR count). The average Bonchev–Trinajstić information content (AvgIpc) is 3.41. The SMILES string of the molecule is COc1ccc(CN(Cc2ccc(OC)cc2)S(=O)(=O)[C@H](C)C[C@@H]2C=C([C@H](OC)[C@@H]3CC[C@H]3CN3C[C@@]4(CCCc5cc(Cl)ccc54)COc4ccc(C(=O)OC(C)(C)C)cc43)C2)cc1. The number of hydrogen-bond donors (Lipinski definition) is 0. The zero-order valence-corrected chi connectivity index (χ0v) is 40.6. The number of allylic oxidation sites excluding steroid dienone is 1. The highest BCUT2D eigenvalue weighted by Crippen LogP contribution is 2.49. The molecule has 4 aromatic rings. The molecule has 4 aliphatic rings. The van der Waals surface area contributed by atoms with Crippen LogP contribution in [0.4, 0.5) is 5.69 Å². The van der Waals surface area contributed by atoms with Gasteiger partial charge in [0.2, 0.25) is 10.0 Å².